The van der Waals surface area contributed by atoms with Gasteiger partial charge in [-0.15, -0.1) is 0 Å². The predicted octanol–water partition coefficient (Wildman–Crippen LogP) is 2.40. The predicted molar refractivity (Wildman–Crippen MR) is 90.1 cm³/mol. The zero-order chi connectivity index (χ0) is 17.5. The molecule has 0 aliphatic carbocycles. The summed E-state index contributed by atoms with van der Waals surface area (Å²) in [6.07, 6.45) is 2.17. The van der Waals surface area contributed by atoms with Gasteiger partial charge in [-0.05, 0) is 49.2 Å². The topological polar surface area (TPSA) is 70.8 Å². The van der Waals surface area contributed by atoms with Gasteiger partial charge in [0.25, 0.3) is 0 Å². The molecule has 0 saturated carbocycles. The van der Waals surface area contributed by atoms with Crippen LogP contribution in [0.2, 0.25) is 0 Å². The number of anilines is 1. The summed E-state index contributed by atoms with van der Waals surface area (Å²) in [7, 11) is -2.10. The molecule has 1 aromatic heterocycles. The van der Waals surface area contributed by atoms with E-state index in [0.29, 0.717) is 12.2 Å². The minimum absolute atomic E-state index is 0.0354. The number of rotatable bonds is 4. The lowest BCUT2D eigenvalue weighted by atomic mass is 10.1. The molecule has 0 fully saturated rings. The van der Waals surface area contributed by atoms with Gasteiger partial charge in [0.05, 0.1) is 17.7 Å². The molecule has 3 rings (SSSR count). The number of sulfonamides is 1. The number of hydrogen-bond donors (Lipinski definition) is 0. The molecule has 1 aliphatic rings. The Labute approximate surface area is 141 Å². The van der Waals surface area contributed by atoms with Crippen molar-refractivity contribution in [3.05, 3.63) is 47.9 Å². The zero-order valence-corrected chi connectivity index (χ0v) is 14.7. The van der Waals surface area contributed by atoms with Crippen molar-refractivity contribution in [2.45, 2.75) is 37.8 Å². The fourth-order valence-electron chi connectivity index (χ4n) is 3.13. The van der Waals surface area contributed by atoms with E-state index in [-0.39, 0.29) is 23.4 Å². The second-order valence-electron chi connectivity index (χ2n) is 6.07. The summed E-state index contributed by atoms with van der Waals surface area (Å²) in [5.74, 6) is 0.547. The first kappa shape index (κ1) is 16.7. The summed E-state index contributed by atoms with van der Waals surface area (Å²) >= 11 is 0. The van der Waals surface area contributed by atoms with Gasteiger partial charge in [-0.3, -0.25) is 4.79 Å². The molecule has 0 bridgehead atoms. The van der Waals surface area contributed by atoms with Crippen LogP contribution in [0.3, 0.4) is 0 Å². The third-order valence-corrected chi connectivity index (χ3v) is 6.07. The molecule has 0 radical (unpaired) electrons. The molecule has 128 valence electrons. The molecular formula is C17H20N2O4S. The van der Waals surface area contributed by atoms with E-state index in [2.05, 4.69) is 0 Å². The zero-order valence-electron chi connectivity index (χ0n) is 13.9. The van der Waals surface area contributed by atoms with Gasteiger partial charge < -0.3 is 9.32 Å². The second-order valence-corrected chi connectivity index (χ2v) is 8.12. The van der Waals surface area contributed by atoms with Crippen LogP contribution in [0.5, 0.6) is 0 Å². The summed E-state index contributed by atoms with van der Waals surface area (Å²) < 4.78 is 32.0. The standard InChI is InChI=1S/C17H20N2O4S/c1-12-9-14-10-16(6-7-17(14)19(12)13(2)20)24(21,22)18(3)11-15-5-4-8-23-15/h4-8,10,12H,9,11H2,1-3H3/t12-/m0/s1. The van der Waals surface area contributed by atoms with E-state index in [1.807, 2.05) is 6.92 Å². The molecule has 6 nitrogen and oxygen atoms in total. The Hall–Kier alpha value is -2.12. The molecule has 1 amide bonds. The summed E-state index contributed by atoms with van der Waals surface area (Å²) in [5, 5.41) is 0. The van der Waals surface area contributed by atoms with Crippen LogP contribution < -0.4 is 4.90 Å². The Balaban J connectivity index is 1.90. The molecule has 0 N–H and O–H groups in total. The highest BCUT2D eigenvalue weighted by Gasteiger charge is 2.31. The van der Waals surface area contributed by atoms with Crippen LogP contribution in [0, 0.1) is 0 Å². The van der Waals surface area contributed by atoms with E-state index in [1.54, 1.807) is 35.2 Å². The van der Waals surface area contributed by atoms with Gasteiger partial charge in [-0.25, -0.2) is 8.42 Å². The number of fused-ring (bicyclic) bond motifs is 1. The third-order valence-electron chi connectivity index (χ3n) is 4.27. The van der Waals surface area contributed by atoms with Gasteiger partial charge in [0.2, 0.25) is 15.9 Å². The minimum atomic E-state index is -3.62. The van der Waals surface area contributed by atoms with Crippen molar-refractivity contribution in [3.63, 3.8) is 0 Å². The van der Waals surface area contributed by atoms with E-state index in [0.717, 1.165) is 11.3 Å². The van der Waals surface area contributed by atoms with E-state index in [4.69, 9.17) is 4.42 Å². The first-order valence-corrected chi connectivity index (χ1v) is 9.16. The van der Waals surface area contributed by atoms with Crippen molar-refractivity contribution in [2.75, 3.05) is 11.9 Å². The first-order chi connectivity index (χ1) is 11.3. The Morgan fingerprint density at radius 3 is 2.75 bits per heavy atom. The molecular weight excluding hydrogens is 328 g/mol. The van der Waals surface area contributed by atoms with Gasteiger partial charge >= 0.3 is 0 Å². The maximum absolute atomic E-state index is 12.8. The van der Waals surface area contributed by atoms with E-state index >= 15 is 0 Å². The highest BCUT2D eigenvalue weighted by molar-refractivity contribution is 7.89. The smallest absolute Gasteiger partial charge is 0.243 e. The van der Waals surface area contributed by atoms with E-state index in [9.17, 15) is 13.2 Å². The van der Waals surface area contributed by atoms with Gasteiger partial charge in [-0.1, -0.05) is 0 Å². The molecule has 7 heteroatoms. The quantitative estimate of drug-likeness (QED) is 0.851. The molecule has 1 aliphatic heterocycles. The summed E-state index contributed by atoms with van der Waals surface area (Å²) in [6.45, 7) is 3.65. The van der Waals surface area contributed by atoms with Crippen LogP contribution in [0.4, 0.5) is 5.69 Å². The largest absolute Gasteiger partial charge is 0.468 e. The van der Waals surface area contributed by atoms with Gasteiger partial charge in [0.15, 0.2) is 0 Å². The Morgan fingerprint density at radius 2 is 2.12 bits per heavy atom. The van der Waals surface area contributed by atoms with Crippen LogP contribution >= 0.6 is 0 Å². The minimum Gasteiger partial charge on any atom is -0.468 e. The highest BCUT2D eigenvalue weighted by atomic mass is 32.2. The average Bonchev–Trinajstić information content (AvgIpc) is 3.12. The monoisotopic (exact) mass is 348 g/mol. The Kier molecular flexibility index (Phi) is 4.23. The number of carbonyl (C=O) groups excluding carboxylic acids is 1. The van der Waals surface area contributed by atoms with Crippen molar-refractivity contribution in [1.82, 2.24) is 4.31 Å². The van der Waals surface area contributed by atoms with Crippen molar-refractivity contribution >= 4 is 21.6 Å². The number of carbonyl (C=O) groups is 1. The van der Waals surface area contributed by atoms with Crippen LogP contribution in [0.15, 0.2) is 45.9 Å². The van der Waals surface area contributed by atoms with Crippen LogP contribution in [0.1, 0.15) is 25.2 Å². The molecule has 24 heavy (non-hydrogen) atoms. The third kappa shape index (κ3) is 2.85. The molecule has 0 saturated heterocycles. The first-order valence-electron chi connectivity index (χ1n) is 7.72. The number of benzene rings is 1. The summed E-state index contributed by atoms with van der Waals surface area (Å²) in [4.78, 5) is 13.7. The average molecular weight is 348 g/mol. The Morgan fingerprint density at radius 1 is 1.38 bits per heavy atom. The number of furan rings is 1. The maximum atomic E-state index is 12.8. The lowest BCUT2D eigenvalue weighted by Crippen LogP contribution is -2.33. The summed E-state index contributed by atoms with van der Waals surface area (Å²) in [5.41, 5.74) is 1.67. The van der Waals surface area contributed by atoms with Crippen molar-refractivity contribution in [2.24, 2.45) is 0 Å². The van der Waals surface area contributed by atoms with Crippen LogP contribution in [0.25, 0.3) is 0 Å². The normalized spacial score (nSPS) is 17.3. The molecule has 0 unspecified atom stereocenters. The lowest BCUT2D eigenvalue weighted by molar-refractivity contribution is -0.116. The van der Waals surface area contributed by atoms with Gasteiger partial charge in [0, 0.05) is 25.7 Å². The van der Waals surface area contributed by atoms with Crippen LogP contribution in [-0.2, 0) is 27.8 Å². The van der Waals surface area contributed by atoms with Gasteiger partial charge in [0.1, 0.15) is 5.76 Å². The van der Waals surface area contributed by atoms with Crippen molar-refractivity contribution < 1.29 is 17.6 Å². The van der Waals surface area contributed by atoms with Crippen molar-refractivity contribution in [1.29, 1.82) is 0 Å². The number of amides is 1. The molecule has 0 spiro atoms. The molecule has 2 heterocycles. The lowest BCUT2D eigenvalue weighted by Gasteiger charge is -2.21. The number of nitrogens with zero attached hydrogens (tertiary/aromatic N) is 2. The van der Waals surface area contributed by atoms with E-state index in [1.165, 1.54) is 24.5 Å². The second kappa shape index (κ2) is 6.07. The van der Waals surface area contributed by atoms with Gasteiger partial charge in [-0.2, -0.15) is 4.31 Å². The SMILES string of the molecule is CC(=O)N1c2ccc(S(=O)(=O)N(C)Cc3ccco3)cc2C[C@@H]1C. The van der Waals surface area contributed by atoms with Crippen LogP contribution in [-0.4, -0.2) is 31.7 Å². The van der Waals surface area contributed by atoms with Crippen molar-refractivity contribution in [3.8, 4) is 0 Å². The Bertz CT molecular complexity index is 859. The van der Waals surface area contributed by atoms with E-state index < -0.39 is 10.0 Å². The number of hydrogen-bond acceptors (Lipinski definition) is 4. The molecule has 1 aromatic carbocycles. The fraction of sp³-hybridized carbons (Fsp3) is 0.353. The fourth-order valence-corrected chi connectivity index (χ4v) is 4.32. The maximum Gasteiger partial charge on any atom is 0.243 e. The molecule has 2 aromatic rings. The molecule has 1 atom stereocenters. The highest BCUT2D eigenvalue weighted by Crippen LogP contribution is 2.34. The summed E-state index contributed by atoms with van der Waals surface area (Å²) in [6, 6.07) is 8.44.